The van der Waals surface area contributed by atoms with E-state index in [1.165, 1.54) is 11.5 Å². The number of rotatable bonds is 4. The van der Waals surface area contributed by atoms with Crippen LogP contribution in [0.25, 0.3) is 0 Å². The van der Waals surface area contributed by atoms with Crippen LogP contribution in [0, 0.1) is 13.8 Å². The molecule has 0 saturated heterocycles. The molecule has 0 radical (unpaired) electrons. The Balaban J connectivity index is 1.49. The van der Waals surface area contributed by atoms with Crippen molar-refractivity contribution in [2.24, 2.45) is 0 Å². The Morgan fingerprint density at radius 1 is 1.08 bits per heavy atom. The lowest BCUT2D eigenvalue weighted by Crippen LogP contribution is -1.93. The van der Waals surface area contributed by atoms with Gasteiger partial charge in [0.1, 0.15) is 5.75 Å². The van der Waals surface area contributed by atoms with E-state index in [0.717, 1.165) is 39.8 Å². The van der Waals surface area contributed by atoms with Crippen LogP contribution in [0.3, 0.4) is 0 Å². The maximum absolute atomic E-state index is 5.88. The monoisotopic (exact) mass is 340 g/mol. The topological polar surface area (TPSA) is 53.5 Å². The van der Waals surface area contributed by atoms with Crippen molar-refractivity contribution in [3.63, 3.8) is 0 Å². The molecule has 3 aromatic rings. The molecule has 1 aliphatic rings. The number of ether oxygens (including phenoxy) is 3. The summed E-state index contributed by atoms with van der Waals surface area (Å²) in [5, 5.41) is 0.555. The molecule has 2 heterocycles. The first kappa shape index (κ1) is 15.0. The molecule has 0 unspecified atom stereocenters. The normalized spacial score (nSPS) is 12.4. The first-order valence-corrected chi connectivity index (χ1v) is 8.41. The summed E-state index contributed by atoms with van der Waals surface area (Å²) in [6.45, 7) is 4.34. The standard InChI is InChI=1S/C18H16N2O3S/c1-11-3-4-12(2)15(7-11)23-18-19-17(20-24-18)9-13-5-6-14-16(8-13)22-10-21-14/h3-8H,9-10H2,1-2H3. The van der Waals surface area contributed by atoms with Crippen molar-refractivity contribution in [1.82, 2.24) is 9.36 Å². The van der Waals surface area contributed by atoms with Gasteiger partial charge in [0.05, 0.1) is 0 Å². The van der Waals surface area contributed by atoms with Crippen LogP contribution in [-0.4, -0.2) is 16.2 Å². The fourth-order valence-corrected chi connectivity index (χ4v) is 3.06. The third kappa shape index (κ3) is 3.05. The predicted molar refractivity (Wildman–Crippen MR) is 91.3 cm³/mol. The Bertz CT molecular complexity index is 892. The van der Waals surface area contributed by atoms with E-state index in [4.69, 9.17) is 14.2 Å². The van der Waals surface area contributed by atoms with Crippen molar-refractivity contribution in [1.29, 1.82) is 0 Å². The number of fused-ring (bicyclic) bond motifs is 1. The molecule has 0 atom stereocenters. The van der Waals surface area contributed by atoms with E-state index in [0.29, 0.717) is 11.6 Å². The van der Waals surface area contributed by atoms with Crippen molar-refractivity contribution >= 4 is 11.5 Å². The highest BCUT2D eigenvalue weighted by Gasteiger charge is 2.15. The quantitative estimate of drug-likeness (QED) is 0.710. The third-order valence-electron chi connectivity index (χ3n) is 3.79. The van der Waals surface area contributed by atoms with Crippen LogP contribution in [-0.2, 0) is 6.42 Å². The predicted octanol–water partition coefficient (Wildman–Crippen LogP) is 4.27. The molecule has 0 saturated carbocycles. The molecule has 4 rings (SSSR count). The Labute approximate surface area is 144 Å². The van der Waals surface area contributed by atoms with Crippen LogP contribution in [0.5, 0.6) is 22.4 Å². The Morgan fingerprint density at radius 2 is 1.96 bits per heavy atom. The van der Waals surface area contributed by atoms with Gasteiger partial charge in [-0.05, 0) is 48.7 Å². The van der Waals surface area contributed by atoms with Crippen LogP contribution in [0.15, 0.2) is 36.4 Å². The van der Waals surface area contributed by atoms with Gasteiger partial charge in [-0.15, -0.1) is 0 Å². The average molecular weight is 340 g/mol. The van der Waals surface area contributed by atoms with Crippen LogP contribution >= 0.6 is 11.5 Å². The summed E-state index contributed by atoms with van der Waals surface area (Å²) in [5.41, 5.74) is 3.31. The fourth-order valence-electron chi connectivity index (χ4n) is 2.50. The second-order valence-electron chi connectivity index (χ2n) is 5.71. The van der Waals surface area contributed by atoms with Gasteiger partial charge in [0, 0.05) is 18.0 Å². The zero-order valence-electron chi connectivity index (χ0n) is 13.4. The minimum atomic E-state index is 0.279. The van der Waals surface area contributed by atoms with Crippen LogP contribution < -0.4 is 14.2 Å². The number of aryl methyl sites for hydroxylation is 2. The van der Waals surface area contributed by atoms with Gasteiger partial charge in [-0.2, -0.15) is 9.36 Å². The smallest absolute Gasteiger partial charge is 0.298 e. The largest absolute Gasteiger partial charge is 0.454 e. The molecule has 24 heavy (non-hydrogen) atoms. The van der Waals surface area contributed by atoms with Crippen LogP contribution in [0.2, 0.25) is 0 Å². The van der Waals surface area contributed by atoms with E-state index in [9.17, 15) is 0 Å². The average Bonchev–Trinajstić information content (AvgIpc) is 3.20. The molecule has 6 heteroatoms. The van der Waals surface area contributed by atoms with Crippen molar-refractivity contribution in [3.05, 3.63) is 58.9 Å². The van der Waals surface area contributed by atoms with Gasteiger partial charge < -0.3 is 14.2 Å². The highest BCUT2D eigenvalue weighted by molar-refractivity contribution is 7.07. The lowest BCUT2D eigenvalue weighted by Gasteiger charge is -2.05. The molecule has 0 aliphatic carbocycles. The molecule has 0 amide bonds. The van der Waals surface area contributed by atoms with Crippen LogP contribution in [0.4, 0.5) is 0 Å². The highest BCUT2D eigenvalue weighted by atomic mass is 32.1. The minimum Gasteiger partial charge on any atom is -0.454 e. The third-order valence-corrected chi connectivity index (χ3v) is 4.42. The molecule has 1 aliphatic heterocycles. The van der Waals surface area contributed by atoms with E-state index in [1.807, 2.05) is 44.2 Å². The minimum absolute atomic E-state index is 0.279. The second-order valence-corrected chi connectivity index (χ2v) is 6.43. The summed E-state index contributed by atoms with van der Waals surface area (Å²) < 4.78 is 21.0. The molecule has 2 aromatic carbocycles. The summed E-state index contributed by atoms with van der Waals surface area (Å²) in [6, 6.07) is 12.0. The van der Waals surface area contributed by atoms with Gasteiger partial charge in [-0.3, -0.25) is 0 Å². The fraction of sp³-hybridized carbons (Fsp3) is 0.222. The molecule has 1 aromatic heterocycles. The summed E-state index contributed by atoms with van der Waals surface area (Å²) in [7, 11) is 0. The molecule has 0 fully saturated rings. The SMILES string of the molecule is Cc1ccc(C)c(Oc2nc(Cc3ccc4c(c3)OCO4)ns2)c1. The van der Waals surface area contributed by atoms with E-state index >= 15 is 0 Å². The lowest BCUT2D eigenvalue weighted by molar-refractivity contribution is 0.174. The molecular formula is C18H16N2O3S. The molecule has 0 bridgehead atoms. The number of aromatic nitrogens is 2. The van der Waals surface area contributed by atoms with Gasteiger partial charge in [0.25, 0.3) is 5.19 Å². The number of hydrogen-bond acceptors (Lipinski definition) is 6. The first-order valence-electron chi connectivity index (χ1n) is 7.63. The molecule has 122 valence electrons. The van der Waals surface area contributed by atoms with Gasteiger partial charge in [0.2, 0.25) is 6.79 Å². The highest BCUT2D eigenvalue weighted by Crippen LogP contribution is 2.33. The Morgan fingerprint density at radius 3 is 2.88 bits per heavy atom. The Kier molecular flexibility index (Phi) is 3.82. The molecular weight excluding hydrogens is 324 g/mol. The maximum Gasteiger partial charge on any atom is 0.298 e. The van der Waals surface area contributed by atoms with E-state index in [1.54, 1.807) is 0 Å². The zero-order chi connectivity index (χ0) is 16.5. The molecule has 0 N–H and O–H groups in total. The van der Waals surface area contributed by atoms with E-state index < -0.39 is 0 Å². The van der Waals surface area contributed by atoms with Crippen molar-refractivity contribution in [2.45, 2.75) is 20.3 Å². The maximum atomic E-state index is 5.88. The van der Waals surface area contributed by atoms with Crippen molar-refractivity contribution < 1.29 is 14.2 Å². The summed E-state index contributed by atoms with van der Waals surface area (Å²) in [5.74, 6) is 3.11. The summed E-state index contributed by atoms with van der Waals surface area (Å²) in [4.78, 5) is 4.48. The molecule has 5 nitrogen and oxygen atoms in total. The van der Waals surface area contributed by atoms with E-state index in [2.05, 4.69) is 15.4 Å². The van der Waals surface area contributed by atoms with Crippen LogP contribution in [0.1, 0.15) is 22.5 Å². The van der Waals surface area contributed by atoms with E-state index in [-0.39, 0.29) is 6.79 Å². The van der Waals surface area contributed by atoms with Crippen molar-refractivity contribution in [3.8, 4) is 22.4 Å². The van der Waals surface area contributed by atoms with Crippen molar-refractivity contribution in [2.75, 3.05) is 6.79 Å². The Hall–Kier alpha value is -2.60. The first-order chi connectivity index (χ1) is 11.7. The summed E-state index contributed by atoms with van der Waals surface area (Å²) >= 11 is 1.26. The molecule has 0 spiro atoms. The van der Waals surface area contributed by atoms with Gasteiger partial charge in [-0.25, -0.2) is 0 Å². The second kappa shape index (κ2) is 6.13. The van der Waals surface area contributed by atoms with Gasteiger partial charge in [0.15, 0.2) is 17.3 Å². The summed E-state index contributed by atoms with van der Waals surface area (Å²) in [6.07, 6.45) is 0.628. The lowest BCUT2D eigenvalue weighted by atomic mass is 10.1. The van der Waals surface area contributed by atoms with Gasteiger partial charge in [-0.1, -0.05) is 18.2 Å². The number of hydrogen-bond donors (Lipinski definition) is 0. The van der Waals surface area contributed by atoms with Gasteiger partial charge >= 0.3 is 0 Å². The number of benzene rings is 2. The zero-order valence-corrected chi connectivity index (χ0v) is 14.2. The number of nitrogens with zero attached hydrogens (tertiary/aromatic N) is 2.